The summed E-state index contributed by atoms with van der Waals surface area (Å²) < 4.78 is 15.5. The van der Waals surface area contributed by atoms with E-state index in [9.17, 15) is 9.59 Å². The summed E-state index contributed by atoms with van der Waals surface area (Å²) in [6, 6.07) is 7.31. The molecule has 1 aliphatic rings. The summed E-state index contributed by atoms with van der Waals surface area (Å²) in [6.45, 7) is 0.972. The number of rotatable bonds is 6. The third kappa shape index (κ3) is 4.68. The third-order valence-electron chi connectivity index (χ3n) is 4.34. The Labute approximate surface area is 162 Å². The Morgan fingerprint density at radius 2 is 2.07 bits per heavy atom. The summed E-state index contributed by atoms with van der Waals surface area (Å²) >= 11 is 1.72. The molecular formula is C20H21NO5S. The van der Waals surface area contributed by atoms with Gasteiger partial charge in [-0.1, -0.05) is 0 Å². The molecule has 0 bridgehead atoms. The van der Waals surface area contributed by atoms with Gasteiger partial charge < -0.3 is 19.1 Å². The average molecular weight is 387 g/mol. The van der Waals surface area contributed by atoms with Crippen LogP contribution in [0.25, 0.3) is 6.08 Å². The summed E-state index contributed by atoms with van der Waals surface area (Å²) in [7, 11) is 3.11. The molecule has 2 aromatic rings. The van der Waals surface area contributed by atoms with E-state index in [2.05, 4.69) is 0 Å². The van der Waals surface area contributed by atoms with E-state index in [-0.39, 0.29) is 12.5 Å². The third-order valence-corrected chi connectivity index (χ3v) is 5.36. The lowest BCUT2D eigenvalue weighted by Crippen LogP contribution is -2.38. The van der Waals surface area contributed by atoms with E-state index in [4.69, 9.17) is 14.2 Å². The summed E-state index contributed by atoms with van der Waals surface area (Å²) in [5.74, 6) is 0.479. The number of carbonyl (C=O) groups is 2. The lowest BCUT2D eigenvalue weighted by molar-refractivity contribution is -0.148. The van der Waals surface area contributed by atoms with Crippen LogP contribution in [0.1, 0.15) is 16.0 Å². The van der Waals surface area contributed by atoms with Crippen LogP contribution < -0.4 is 9.47 Å². The monoisotopic (exact) mass is 387 g/mol. The molecule has 0 saturated heterocycles. The normalized spacial score (nSPS) is 13.3. The molecule has 6 nitrogen and oxygen atoms in total. The van der Waals surface area contributed by atoms with Crippen LogP contribution >= 0.6 is 11.3 Å². The largest absolute Gasteiger partial charge is 0.497 e. The zero-order valence-electron chi connectivity index (χ0n) is 15.3. The van der Waals surface area contributed by atoms with E-state index < -0.39 is 5.97 Å². The zero-order chi connectivity index (χ0) is 19.2. The first-order chi connectivity index (χ1) is 13.1. The highest BCUT2D eigenvalue weighted by atomic mass is 32.1. The van der Waals surface area contributed by atoms with Gasteiger partial charge in [-0.2, -0.15) is 0 Å². The molecule has 0 atom stereocenters. The molecule has 2 heterocycles. The van der Waals surface area contributed by atoms with Gasteiger partial charge in [-0.3, -0.25) is 4.79 Å². The molecule has 0 spiro atoms. The maximum atomic E-state index is 12.3. The quantitative estimate of drug-likeness (QED) is 0.563. The number of thiophene rings is 1. The summed E-state index contributed by atoms with van der Waals surface area (Å²) in [6.07, 6.45) is 3.72. The second kappa shape index (κ2) is 8.73. The van der Waals surface area contributed by atoms with Gasteiger partial charge in [-0.25, -0.2) is 4.79 Å². The predicted octanol–water partition coefficient (Wildman–Crippen LogP) is 2.91. The lowest BCUT2D eigenvalue weighted by Gasteiger charge is -2.26. The number of ether oxygens (including phenoxy) is 3. The zero-order valence-corrected chi connectivity index (χ0v) is 16.1. The molecule has 27 heavy (non-hydrogen) atoms. The first kappa shape index (κ1) is 19.0. The number of hydrogen-bond donors (Lipinski definition) is 0. The van der Waals surface area contributed by atoms with Crippen LogP contribution in [-0.2, 0) is 27.3 Å². The minimum Gasteiger partial charge on any atom is -0.497 e. The van der Waals surface area contributed by atoms with Crippen LogP contribution in [0.5, 0.6) is 11.5 Å². The van der Waals surface area contributed by atoms with Crippen molar-refractivity contribution in [3.05, 3.63) is 51.7 Å². The van der Waals surface area contributed by atoms with E-state index in [1.54, 1.807) is 54.7 Å². The minimum atomic E-state index is -0.575. The Kier molecular flexibility index (Phi) is 6.13. The summed E-state index contributed by atoms with van der Waals surface area (Å²) in [5.41, 5.74) is 1.89. The highest BCUT2D eigenvalue weighted by Gasteiger charge is 2.22. The van der Waals surface area contributed by atoms with Gasteiger partial charge in [0, 0.05) is 35.7 Å². The molecule has 0 unspecified atom stereocenters. The van der Waals surface area contributed by atoms with Crippen molar-refractivity contribution < 1.29 is 23.8 Å². The van der Waals surface area contributed by atoms with Gasteiger partial charge in [0.05, 0.1) is 14.2 Å². The Morgan fingerprint density at radius 3 is 2.85 bits per heavy atom. The molecule has 1 amide bonds. The van der Waals surface area contributed by atoms with Crippen LogP contribution in [-0.4, -0.2) is 44.1 Å². The molecule has 142 valence electrons. The van der Waals surface area contributed by atoms with Crippen molar-refractivity contribution in [2.75, 3.05) is 27.4 Å². The highest BCUT2D eigenvalue weighted by Crippen LogP contribution is 2.26. The topological polar surface area (TPSA) is 65.1 Å². The van der Waals surface area contributed by atoms with Crippen molar-refractivity contribution in [2.24, 2.45) is 0 Å². The predicted molar refractivity (Wildman–Crippen MR) is 103 cm³/mol. The van der Waals surface area contributed by atoms with Crippen molar-refractivity contribution in [2.45, 2.75) is 13.0 Å². The number of esters is 1. The van der Waals surface area contributed by atoms with E-state index in [1.165, 1.54) is 16.5 Å². The highest BCUT2D eigenvalue weighted by molar-refractivity contribution is 7.10. The maximum Gasteiger partial charge on any atom is 0.331 e. The fourth-order valence-electron chi connectivity index (χ4n) is 2.85. The van der Waals surface area contributed by atoms with Crippen LogP contribution in [0.4, 0.5) is 0 Å². The van der Waals surface area contributed by atoms with Gasteiger partial charge >= 0.3 is 5.97 Å². The standard InChI is InChI=1S/C20H21NO5S/c1-24-16-5-3-14(17(11-16)25-2)4-6-20(23)26-13-19(22)21-9-7-18-15(12-21)8-10-27-18/h3-6,8,10-11H,7,9,12-13H2,1-2H3/b6-4+. The number of fused-ring (bicyclic) bond motifs is 1. The van der Waals surface area contributed by atoms with E-state index in [0.717, 1.165) is 6.42 Å². The molecule has 1 aromatic carbocycles. The van der Waals surface area contributed by atoms with Crippen LogP contribution in [0, 0.1) is 0 Å². The molecule has 0 N–H and O–H groups in total. The number of carbonyl (C=O) groups excluding carboxylic acids is 2. The second-order valence-electron chi connectivity index (χ2n) is 5.98. The minimum absolute atomic E-state index is 0.185. The first-order valence-corrected chi connectivity index (χ1v) is 9.38. The van der Waals surface area contributed by atoms with Crippen LogP contribution in [0.15, 0.2) is 35.7 Å². The summed E-state index contributed by atoms with van der Waals surface area (Å²) in [5, 5.41) is 2.04. The van der Waals surface area contributed by atoms with Gasteiger partial charge in [0.1, 0.15) is 11.5 Å². The fraction of sp³-hybridized carbons (Fsp3) is 0.300. The Bertz CT molecular complexity index is 858. The van der Waals surface area contributed by atoms with Gasteiger partial charge in [0.25, 0.3) is 5.91 Å². The van der Waals surface area contributed by atoms with Gasteiger partial charge in [0.15, 0.2) is 6.61 Å². The number of hydrogen-bond acceptors (Lipinski definition) is 6. The van der Waals surface area contributed by atoms with Crippen molar-refractivity contribution in [3.63, 3.8) is 0 Å². The first-order valence-electron chi connectivity index (χ1n) is 8.50. The van der Waals surface area contributed by atoms with Crippen LogP contribution in [0.2, 0.25) is 0 Å². The van der Waals surface area contributed by atoms with Crippen molar-refractivity contribution in [1.82, 2.24) is 4.90 Å². The maximum absolute atomic E-state index is 12.3. The molecular weight excluding hydrogens is 366 g/mol. The van der Waals surface area contributed by atoms with Crippen molar-refractivity contribution >= 4 is 29.3 Å². The molecule has 7 heteroatoms. The fourth-order valence-corrected chi connectivity index (χ4v) is 3.74. The number of amides is 1. The molecule has 0 radical (unpaired) electrons. The Hall–Kier alpha value is -2.80. The smallest absolute Gasteiger partial charge is 0.331 e. The molecule has 0 fully saturated rings. The SMILES string of the molecule is COc1ccc(/C=C/C(=O)OCC(=O)N2CCc3sccc3C2)c(OC)c1. The number of nitrogens with zero attached hydrogens (tertiary/aromatic N) is 1. The Morgan fingerprint density at radius 1 is 1.22 bits per heavy atom. The van der Waals surface area contributed by atoms with Gasteiger partial charge in [-0.05, 0) is 41.6 Å². The molecule has 0 aliphatic carbocycles. The van der Waals surface area contributed by atoms with Crippen LogP contribution in [0.3, 0.4) is 0 Å². The summed E-state index contributed by atoms with van der Waals surface area (Å²) in [4.78, 5) is 27.3. The number of benzene rings is 1. The van der Waals surface area contributed by atoms with E-state index >= 15 is 0 Å². The van der Waals surface area contributed by atoms with Crippen molar-refractivity contribution in [1.29, 1.82) is 0 Å². The Balaban J connectivity index is 1.52. The molecule has 1 aromatic heterocycles. The van der Waals surface area contributed by atoms with Gasteiger partial charge in [0.2, 0.25) is 0 Å². The molecule has 1 aliphatic heterocycles. The molecule has 0 saturated carbocycles. The molecule has 3 rings (SSSR count). The number of methoxy groups -OCH3 is 2. The average Bonchev–Trinajstić information content (AvgIpc) is 3.18. The van der Waals surface area contributed by atoms with E-state index in [0.29, 0.717) is 30.2 Å². The second-order valence-corrected chi connectivity index (χ2v) is 6.98. The van der Waals surface area contributed by atoms with E-state index in [1.807, 2.05) is 11.4 Å². The van der Waals surface area contributed by atoms with Gasteiger partial charge in [-0.15, -0.1) is 11.3 Å². The van der Waals surface area contributed by atoms with Crippen molar-refractivity contribution in [3.8, 4) is 11.5 Å². The lowest BCUT2D eigenvalue weighted by atomic mass is 10.1.